The maximum atomic E-state index is 10.6. The molecule has 0 fully saturated rings. The number of rotatable bonds is 6. The first-order valence-corrected chi connectivity index (χ1v) is 8.80. The maximum Gasteiger partial charge on any atom is 0.132 e. The molecule has 0 saturated heterocycles. The number of nitrogens with zero attached hydrogens (tertiary/aromatic N) is 2. The van der Waals surface area contributed by atoms with Gasteiger partial charge in [-0.25, -0.2) is 5.01 Å². The SMILES string of the molecule is OC[C@@H](O)[C@@H](O)[C@H](O)[C@@H]1SC(c2ccccc2)=NN1c1ccccc1. The summed E-state index contributed by atoms with van der Waals surface area (Å²) >= 11 is 1.30. The van der Waals surface area contributed by atoms with Crippen molar-refractivity contribution in [2.75, 3.05) is 11.6 Å². The van der Waals surface area contributed by atoms with Crippen LogP contribution in [0.3, 0.4) is 0 Å². The predicted molar refractivity (Wildman–Crippen MR) is 98.4 cm³/mol. The Morgan fingerprint density at radius 1 is 0.960 bits per heavy atom. The molecular formula is C18H20N2O4S. The van der Waals surface area contributed by atoms with E-state index >= 15 is 0 Å². The zero-order chi connectivity index (χ0) is 17.8. The summed E-state index contributed by atoms with van der Waals surface area (Å²) in [6, 6.07) is 18.9. The van der Waals surface area contributed by atoms with Crippen LogP contribution in [0.15, 0.2) is 65.8 Å². The highest BCUT2D eigenvalue weighted by Gasteiger charge is 2.40. The molecule has 1 heterocycles. The van der Waals surface area contributed by atoms with Crippen molar-refractivity contribution >= 4 is 22.5 Å². The van der Waals surface area contributed by atoms with E-state index in [0.717, 1.165) is 11.3 Å². The number of thioether (sulfide) groups is 1. The van der Waals surface area contributed by atoms with Crippen molar-refractivity contribution in [2.45, 2.75) is 23.7 Å². The Bertz CT molecular complexity index is 714. The number of para-hydroxylation sites is 1. The van der Waals surface area contributed by atoms with Crippen molar-refractivity contribution in [3.63, 3.8) is 0 Å². The van der Waals surface area contributed by atoms with E-state index in [-0.39, 0.29) is 0 Å². The molecular weight excluding hydrogens is 340 g/mol. The molecule has 0 aliphatic carbocycles. The average Bonchev–Trinajstić information content (AvgIpc) is 3.13. The fourth-order valence-corrected chi connectivity index (χ4v) is 3.76. The van der Waals surface area contributed by atoms with Gasteiger partial charge in [0.2, 0.25) is 0 Å². The molecule has 1 aliphatic heterocycles. The lowest BCUT2D eigenvalue weighted by atomic mass is 10.1. The second kappa shape index (κ2) is 7.99. The summed E-state index contributed by atoms with van der Waals surface area (Å²) in [5, 5.41) is 45.7. The van der Waals surface area contributed by atoms with Gasteiger partial charge < -0.3 is 20.4 Å². The minimum absolute atomic E-state index is 0.631. The second-order valence-corrected chi connectivity index (χ2v) is 6.80. The molecule has 0 amide bonds. The number of anilines is 1. The standard InChI is InChI=1S/C18H20N2O4S/c21-11-14(22)15(23)16(24)18-20(13-9-5-2-6-10-13)19-17(25-18)12-7-3-1-4-8-12/h1-10,14-16,18,21-24H,11H2/t14-,15-,16+,18+/m1/s1. The maximum absolute atomic E-state index is 10.6. The van der Waals surface area contributed by atoms with Crippen LogP contribution in [0.5, 0.6) is 0 Å². The number of hydrogen-bond donors (Lipinski definition) is 4. The summed E-state index contributed by atoms with van der Waals surface area (Å²) in [4.78, 5) is 0. The van der Waals surface area contributed by atoms with Gasteiger partial charge in [-0.05, 0) is 12.1 Å². The van der Waals surface area contributed by atoms with Gasteiger partial charge in [0.25, 0.3) is 0 Å². The normalized spacial score (nSPS) is 20.9. The molecule has 0 aromatic heterocycles. The molecule has 3 rings (SSSR count). The molecule has 0 spiro atoms. The second-order valence-electron chi connectivity index (χ2n) is 5.69. The molecule has 4 N–H and O–H groups in total. The van der Waals surface area contributed by atoms with Crippen molar-refractivity contribution in [2.24, 2.45) is 5.10 Å². The minimum atomic E-state index is -1.49. The van der Waals surface area contributed by atoms with Crippen LogP contribution in [0.1, 0.15) is 5.56 Å². The molecule has 132 valence electrons. The average molecular weight is 360 g/mol. The third kappa shape index (κ3) is 3.86. The van der Waals surface area contributed by atoms with Crippen LogP contribution in [-0.4, -0.2) is 55.8 Å². The summed E-state index contributed by atoms with van der Waals surface area (Å²) in [6.07, 6.45) is -4.22. The van der Waals surface area contributed by atoms with E-state index in [1.807, 2.05) is 60.7 Å². The highest BCUT2D eigenvalue weighted by molar-refractivity contribution is 8.15. The van der Waals surface area contributed by atoms with Gasteiger partial charge in [0, 0.05) is 5.56 Å². The van der Waals surface area contributed by atoms with Gasteiger partial charge in [-0.15, -0.1) is 0 Å². The van der Waals surface area contributed by atoms with Gasteiger partial charge in [0.1, 0.15) is 28.7 Å². The molecule has 4 atom stereocenters. The zero-order valence-electron chi connectivity index (χ0n) is 13.4. The molecule has 0 unspecified atom stereocenters. The van der Waals surface area contributed by atoms with Crippen LogP contribution in [0.2, 0.25) is 0 Å². The number of aliphatic hydroxyl groups is 4. The van der Waals surface area contributed by atoms with E-state index in [0.29, 0.717) is 5.04 Å². The largest absolute Gasteiger partial charge is 0.394 e. The topological polar surface area (TPSA) is 96.5 Å². The summed E-state index contributed by atoms with van der Waals surface area (Å²) in [5.41, 5.74) is 1.66. The van der Waals surface area contributed by atoms with E-state index in [1.54, 1.807) is 5.01 Å². The third-order valence-electron chi connectivity index (χ3n) is 3.94. The van der Waals surface area contributed by atoms with Crippen LogP contribution in [0, 0.1) is 0 Å². The van der Waals surface area contributed by atoms with Crippen LogP contribution >= 0.6 is 11.8 Å². The van der Waals surface area contributed by atoms with Gasteiger partial charge in [0.15, 0.2) is 0 Å². The van der Waals surface area contributed by atoms with E-state index in [2.05, 4.69) is 5.10 Å². The van der Waals surface area contributed by atoms with Crippen LogP contribution in [-0.2, 0) is 0 Å². The Hall–Kier alpha value is -1.90. The van der Waals surface area contributed by atoms with Crippen molar-refractivity contribution in [3.8, 4) is 0 Å². The Kier molecular flexibility index (Phi) is 5.72. The highest BCUT2D eigenvalue weighted by atomic mass is 32.2. The number of aliphatic hydroxyl groups excluding tert-OH is 4. The lowest BCUT2D eigenvalue weighted by molar-refractivity contribution is -0.0759. The first kappa shape index (κ1) is 17.9. The summed E-state index contributed by atoms with van der Waals surface area (Å²) in [5.74, 6) is 0. The Morgan fingerprint density at radius 2 is 1.56 bits per heavy atom. The van der Waals surface area contributed by atoms with Gasteiger partial charge in [-0.1, -0.05) is 60.3 Å². The lowest BCUT2D eigenvalue weighted by Crippen LogP contribution is -2.49. The third-order valence-corrected chi connectivity index (χ3v) is 5.20. The smallest absolute Gasteiger partial charge is 0.132 e. The summed E-state index contributed by atoms with van der Waals surface area (Å²) in [6.45, 7) is -0.632. The lowest BCUT2D eigenvalue weighted by Gasteiger charge is -2.31. The quantitative estimate of drug-likeness (QED) is 0.614. The molecule has 7 heteroatoms. The first-order chi connectivity index (χ1) is 12.1. The fourth-order valence-electron chi connectivity index (χ4n) is 2.55. The van der Waals surface area contributed by atoms with Gasteiger partial charge in [-0.3, -0.25) is 0 Å². The predicted octanol–water partition coefficient (Wildman–Crippen LogP) is 1.00. The van der Waals surface area contributed by atoms with Gasteiger partial charge in [0.05, 0.1) is 12.3 Å². The summed E-state index contributed by atoms with van der Waals surface area (Å²) < 4.78 is 0. The first-order valence-electron chi connectivity index (χ1n) is 7.92. The Balaban J connectivity index is 1.92. The van der Waals surface area contributed by atoms with Crippen molar-refractivity contribution in [1.82, 2.24) is 0 Å². The molecule has 2 aromatic carbocycles. The van der Waals surface area contributed by atoms with Gasteiger partial charge >= 0.3 is 0 Å². The van der Waals surface area contributed by atoms with E-state index in [1.165, 1.54) is 11.8 Å². The molecule has 0 saturated carbocycles. The Morgan fingerprint density at radius 3 is 2.16 bits per heavy atom. The van der Waals surface area contributed by atoms with E-state index < -0.39 is 30.3 Å². The summed E-state index contributed by atoms with van der Waals surface area (Å²) in [7, 11) is 0. The van der Waals surface area contributed by atoms with Crippen molar-refractivity contribution in [3.05, 3.63) is 66.2 Å². The minimum Gasteiger partial charge on any atom is -0.394 e. The number of benzene rings is 2. The fraction of sp³-hybridized carbons (Fsp3) is 0.278. The van der Waals surface area contributed by atoms with Crippen LogP contribution in [0.25, 0.3) is 0 Å². The molecule has 2 aromatic rings. The molecule has 6 nitrogen and oxygen atoms in total. The van der Waals surface area contributed by atoms with E-state index in [9.17, 15) is 15.3 Å². The van der Waals surface area contributed by atoms with Gasteiger partial charge in [-0.2, -0.15) is 5.10 Å². The highest BCUT2D eigenvalue weighted by Crippen LogP contribution is 2.36. The zero-order valence-corrected chi connectivity index (χ0v) is 14.2. The molecule has 0 bridgehead atoms. The van der Waals surface area contributed by atoms with E-state index in [4.69, 9.17) is 5.11 Å². The molecule has 1 aliphatic rings. The molecule has 0 radical (unpaired) electrons. The number of hydrazone groups is 1. The Labute approximate surface area is 150 Å². The molecule has 25 heavy (non-hydrogen) atoms. The van der Waals surface area contributed by atoms with Crippen molar-refractivity contribution in [1.29, 1.82) is 0 Å². The monoisotopic (exact) mass is 360 g/mol. The van der Waals surface area contributed by atoms with Crippen molar-refractivity contribution < 1.29 is 20.4 Å². The van der Waals surface area contributed by atoms with Crippen LogP contribution in [0.4, 0.5) is 5.69 Å². The number of hydrogen-bond acceptors (Lipinski definition) is 7. The van der Waals surface area contributed by atoms with Crippen LogP contribution < -0.4 is 5.01 Å².